The highest BCUT2D eigenvalue weighted by atomic mass is 16.2. The van der Waals surface area contributed by atoms with Gasteiger partial charge in [0, 0.05) is 38.9 Å². The summed E-state index contributed by atoms with van der Waals surface area (Å²) >= 11 is 0. The van der Waals surface area contributed by atoms with Gasteiger partial charge < -0.3 is 20.9 Å². The van der Waals surface area contributed by atoms with Gasteiger partial charge >= 0.3 is 0 Å². The number of carbonyl (C=O) groups excluding carboxylic acids is 2. The number of likely N-dealkylation sites (N-methyl/N-ethyl adjacent to an activating group) is 1. The van der Waals surface area contributed by atoms with E-state index in [1.807, 2.05) is 18.7 Å². The van der Waals surface area contributed by atoms with Crippen LogP contribution in [0.15, 0.2) is 12.4 Å². The average molecular weight is 350 g/mol. The zero-order valence-electron chi connectivity index (χ0n) is 15.5. The maximum Gasteiger partial charge on any atom is 0.244 e. The Kier molecular flexibility index (Phi) is 6.55. The largest absolute Gasteiger partial charge is 0.339 e. The summed E-state index contributed by atoms with van der Waals surface area (Å²) in [7, 11) is 2.05. The molecule has 0 spiro atoms. The highest BCUT2D eigenvalue weighted by Gasteiger charge is 2.33. The number of anilines is 1. The molecular weight excluding hydrogens is 320 g/mol. The lowest BCUT2D eigenvalue weighted by Gasteiger charge is -2.32. The van der Waals surface area contributed by atoms with Crippen molar-refractivity contribution < 1.29 is 9.59 Å². The van der Waals surface area contributed by atoms with Gasteiger partial charge in [0.2, 0.25) is 11.8 Å². The first-order valence-electron chi connectivity index (χ1n) is 8.94. The molecule has 140 valence electrons. The van der Waals surface area contributed by atoms with Crippen LogP contribution in [0.25, 0.3) is 0 Å². The fourth-order valence-electron chi connectivity index (χ4n) is 3.03. The van der Waals surface area contributed by atoms with E-state index in [1.165, 1.54) is 0 Å². The predicted molar refractivity (Wildman–Crippen MR) is 97.0 cm³/mol. The summed E-state index contributed by atoms with van der Waals surface area (Å²) in [4.78, 5) is 28.9. The first-order chi connectivity index (χ1) is 11.9. The van der Waals surface area contributed by atoms with E-state index in [2.05, 4.69) is 22.4 Å². The number of rotatable bonds is 7. The third kappa shape index (κ3) is 4.58. The topological polar surface area (TPSA) is 96.5 Å². The molecule has 0 aliphatic carbocycles. The molecule has 1 aromatic rings. The first-order valence-corrected chi connectivity index (χ1v) is 8.94. The molecule has 0 radical (unpaired) electrons. The van der Waals surface area contributed by atoms with Crippen LogP contribution in [-0.4, -0.2) is 71.2 Å². The van der Waals surface area contributed by atoms with Crippen molar-refractivity contribution in [1.29, 1.82) is 0 Å². The highest BCUT2D eigenvalue weighted by molar-refractivity contribution is 5.95. The summed E-state index contributed by atoms with van der Waals surface area (Å²) < 4.78 is 1.57. The van der Waals surface area contributed by atoms with Crippen molar-refractivity contribution in [2.75, 3.05) is 45.1 Å². The third-order valence-corrected chi connectivity index (χ3v) is 5.27. The van der Waals surface area contributed by atoms with Gasteiger partial charge in [-0.25, -0.2) is 0 Å². The fraction of sp³-hybridized carbons (Fsp3) is 0.706. The maximum absolute atomic E-state index is 12.5. The van der Waals surface area contributed by atoms with Crippen LogP contribution in [0.3, 0.4) is 0 Å². The van der Waals surface area contributed by atoms with E-state index in [9.17, 15) is 9.59 Å². The molecular formula is C17H30N6O2. The zero-order chi connectivity index (χ0) is 18.4. The molecule has 0 saturated carbocycles. The number of amides is 2. The summed E-state index contributed by atoms with van der Waals surface area (Å²) in [5.74, 6) is -0.0440. The molecule has 2 rings (SSSR count). The quantitative estimate of drug-likeness (QED) is 0.740. The van der Waals surface area contributed by atoms with Gasteiger partial charge in [-0.1, -0.05) is 13.8 Å². The van der Waals surface area contributed by atoms with Gasteiger partial charge in [0.15, 0.2) is 0 Å². The Bertz CT molecular complexity index is 579. The van der Waals surface area contributed by atoms with E-state index in [1.54, 1.807) is 17.1 Å². The van der Waals surface area contributed by atoms with Gasteiger partial charge in [0.1, 0.15) is 6.54 Å². The SMILES string of the molecule is CCC(CC)(CN)C(=O)Nc1cnn(CC(=O)N2CCN(C)CC2)c1. The van der Waals surface area contributed by atoms with Crippen molar-refractivity contribution in [3.05, 3.63) is 12.4 Å². The molecule has 1 saturated heterocycles. The monoisotopic (exact) mass is 350 g/mol. The molecule has 1 aliphatic heterocycles. The molecule has 1 fully saturated rings. The number of hydrogen-bond donors (Lipinski definition) is 2. The highest BCUT2D eigenvalue weighted by Crippen LogP contribution is 2.26. The minimum atomic E-state index is -0.558. The second kappa shape index (κ2) is 8.44. The molecule has 0 aromatic carbocycles. The molecule has 1 aromatic heterocycles. The summed E-state index contributed by atoms with van der Waals surface area (Å²) in [6.45, 7) is 7.69. The Labute approximate surface area is 149 Å². The van der Waals surface area contributed by atoms with Crippen LogP contribution in [0.2, 0.25) is 0 Å². The van der Waals surface area contributed by atoms with Gasteiger partial charge in [-0.15, -0.1) is 0 Å². The third-order valence-electron chi connectivity index (χ3n) is 5.27. The van der Waals surface area contributed by atoms with Crippen LogP contribution < -0.4 is 11.1 Å². The smallest absolute Gasteiger partial charge is 0.244 e. The van der Waals surface area contributed by atoms with E-state index in [0.29, 0.717) is 25.1 Å². The average Bonchev–Trinajstić information content (AvgIpc) is 3.04. The van der Waals surface area contributed by atoms with Crippen LogP contribution >= 0.6 is 0 Å². The van der Waals surface area contributed by atoms with Crippen molar-refractivity contribution in [2.24, 2.45) is 11.1 Å². The molecule has 0 bridgehead atoms. The molecule has 0 atom stereocenters. The van der Waals surface area contributed by atoms with Gasteiger partial charge in [0.25, 0.3) is 0 Å². The van der Waals surface area contributed by atoms with Crippen LogP contribution in [0.5, 0.6) is 0 Å². The summed E-state index contributed by atoms with van der Waals surface area (Å²) in [6, 6.07) is 0. The van der Waals surface area contributed by atoms with Crippen molar-refractivity contribution in [1.82, 2.24) is 19.6 Å². The molecule has 2 heterocycles. The van der Waals surface area contributed by atoms with Crippen molar-refractivity contribution in [2.45, 2.75) is 33.2 Å². The van der Waals surface area contributed by atoms with Gasteiger partial charge in [-0.3, -0.25) is 14.3 Å². The van der Waals surface area contributed by atoms with Gasteiger partial charge in [0.05, 0.1) is 17.3 Å². The number of aromatic nitrogens is 2. The minimum Gasteiger partial charge on any atom is -0.339 e. The minimum absolute atomic E-state index is 0.0486. The number of nitrogens with two attached hydrogens (primary N) is 1. The van der Waals surface area contributed by atoms with Gasteiger partial charge in [-0.2, -0.15) is 5.10 Å². The lowest BCUT2D eigenvalue weighted by atomic mass is 9.81. The number of nitrogens with zero attached hydrogens (tertiary/aromatic N) is 4. The number of hydrogen-bond acceptors (Lipinski definition) is 5. The Morgan fingerprint density at radius 1 is 1.24 bits per heavy atom. The van der Waals surface area contributed by atoms with Gasteiger partial charge in [-0.05, 0) is 19.9 Å². The Balaban J connectivity index is 1.93. The molecule has 8 heteroatoms. The van der Waals surface area contributed by atoms with Crippen molar-refractivity contribution in [3.8, 4) is 0 Å². The first kappa shape index (κ1) is 19.4. The van der Waals surface area contributed by atoms with Crippen LogP contribution in [-0.2, 0) is 16.1 Å². The molecule has 3 N–H and O–H groups in total. The Morgan fingerprint density at radius 3 is 2.44 bits per heavy atom. The standard InChI is InChI=1S/C17H30N6O2/c1-4-17(5-2,13-18)16(25)20-14-10-19-23(11-14)12-15(24)22-8-6-21(3)7-9-22/h10-11H,4-9,12-13,18H2,1-3H3,(H,20,25). The predicted octanol–water partition coefficient (Wildman–Crippen LogP) is 0.361. The lowest BCUT2D eigenvalue weighted by Crippen LogP contribution is -2.48. The second-order valence-corrected chi connectivity index (χ2v) is 6.76. The second-order valence-electron chi connectivity index (χ2n) is 6.76. The molecule has 0 unspecified atom stereocenters. The normalized spacial score (nSPS) is 16.1. The molecule has 2 amide bonds. The summed E-state index contributed by atoms with van der Waals surface area (Å²) in [5.41, 5.74) is 5.85. The molecule has 1 aliphatic rings. The van der Waals surface area contributed by atoms with E-state index < -0.39 is 5.41 Å². The summed E-state index contributed by atoms with van der Waals surface area (Å²) in [5, 5.41) is 7.07. The van der Waals surface area contributed by atoms with E-state index in [4.69, 9.17) is 5.73 Å². The van der Waals surface area contributed by atoms with Crippen molar-refractivity contribution >= 4 is 17.5 Å². The zero-order valence-corrected chi connectivity index (χ0v) is 15.5. The van der Waals surface area contributed by atoms with Crippen LogP contribution in [0, 0.1) is 5.41 Å². The lowest BCUT2D eigenvalue weighted by molar-refractivity contribution is -0.133. The van der Waals surface area contributed by atoms with E-state index in [0.717, 1.165) is 26.2 Å². The number of nitrogens with one attached hydrogen (secondary N) is 1. The van der Waals surface area contributed by atoms with Crippen molar-refractivity contribution in [3.63, 3.8) is 0 Å². The van der Waals surface area contributed by atoms with Crippen LogP contribution in [0.1, 0.15) is 26.7 Å². The molecule has 8 nitrogen and oxygen atoms in total. The summed E-state index contributed by atoms with van der Waals surface area (Å²) in [6.07, 6.45) is 4.63. The maximum atomic E-state index is 12.5. The van der Waals surface area contributed by atoms with E-state index in [-0.39, 0.29) is 18.4 Å². The number of piperazine rings is 1. The number of carbonyl (C=O) groups is 2. The van der Waals surface area contributed by atoms with E-state index >= 15 is 0 Å². The Hall–Kier alpha value is -1.93. The fourth-order valence-corrected chi connectivity index (χ4v) is 3.03. The van der Waals surface area contributed by atoms with Crippen LogP contribution in [0.4, 0.5) is 5.69 Å². The molecule has 25 heavy (non-hydrogen) atoms. The Morgan fingerprint density at radius 2 is 1.88 bits per heavy atom.